The van der Waals surface area contributed by atoms with E-state index in [1.54, 1.807) is 48.5 Å². The van der Waals surface area contributed by atoms with Crippen molar-refractivity contribution in [2.45, 2.75) is 26.0 Å². The Hall–Kier alpha value is -3.31. The van der Waals surface area contributed by atoms with Gasteiger partial charge in [0, 0.05) is 11.6 Å². The number of halogens is 1. The number of carbonyl (C=O) groups excluding carboxylic acids is 2. The van der Waals surface area contributed by atoms with Crippen molar-refractivity contribution >= 4 is 29.1 Å². The van der Waals surface area contributed by atoms with Crippen LogP contribution in [0.5, 0.6) is 5.75 Å². The molecule has 0 bridgehead atoms. The number of hydrogen-bond acceptors (Lipinski definition) is 3. The number of ether oxygens (including phenoxy) is 1. The Kier molecular flexibility index (Phi) is 7.46. The molecule has 6 heteroatoms. The number of benzene rings is 3. The minimum atomic E-state index is -0.719. The number of nitrogens with one attached hydrogen (secondary N) is 2. The molecule has 5 nitrogen and oxygen atoms in total. The second-order valence-electron chi connectivity index (χ2n) is 6.68. The van der Waals surface area contributed by atoms with Gasteiger partial charge in [0.1, 0.15) is 5.75 Å². The average Bonchev–Trinajstić information content (AvgIpc) is 2.77. The maximum atomic E-state index is 12.8. The van der Waals surface area contributed by atoms with Crippen LogP contribution in [-0.2, 0) is 11.3 Å². The molecular formula is C24H23ClN2O3. The van der Waals surface area contributed by atoms with Crippen LogP contribution in [0.1, 0.15) is 29.3 Å². The van der Waals surface area contributed by atoms with E-state index in [2.05, 4.69) is 10.6 Å². The highest BCUT2D eigenvalue weighted by Gasteiger charge is 2.21. The first-order valence-electron chi connectivity index (χ1n) is 9.71. The summed E-state index contributed by atoms with van der Waals surface area (Å²) >= 11 is 5.99. The normalized spacial score (nSPS) is 11.4. The molecule has 0 saturated heterocycles. The minimum absolute atomic E-state index is 0.265. The smallest absolute Gasteiger partial charge is 0.265 e. The van der Waals surface area contributed by atoms with Gasteiger partial charge < -0.3 is 15.4 Å². The van der Waals surface area contributed by atoms with E-state index >= 15 is 0 Å². The van der Waals surface area contributed by atoms with Gasteiger partial charge in [0.25, 0.3) is 11.8 Å². The van der Waals surface area contributed by atoms with Crippen molar-refractivity contribution in [1.82, 2.24) is 5.32 Å². The fourth-order valence-corrected chi connectivity index (χ4v) is 3.08. The summed E-state index contributed by atoms with van der Waals surface area (Å²) in [6.07, 6.45) is -0.260. The van der Waals surface area contributed by atoms with Crippen molar-refractivity contribution in [1.29, 1.82) is 0 Å². The standard InChI is InChI=1S/C24H23ClN2O3/c1-2-22(30-19-12-8-11-18(25)15-19)24(29)27-21-14-7-6-13-20(21)23(28)26-16-17-9-4-3-5-10-17/h3-15,22H,2,16H2,1H3,(H,26,28)(H,27,29). The van der Waals surface area contributed by atoms with Gasteiger partial charge >= 0.3 is 0 Å². The van der Waals surface area contributed by atoms with E-state index in [9.17, 15) is 9.59 Å². The molecular weight excluding hydrogens is 400 g/mol. The van der Waals surface area contributed by atoms with Crippen LogP contribution in [0.2, 0.25) is 5.02 Å². The fraction of sp³-hybridized carbons (Fsp3) is 0.167. The van der Waals surface area contributed by atoms with Crippen LogP contribution in [0.4, 0.5) is 5.69 Å². The Morgan fingerprint density at radius 3 is 2.43 bits per heavy atom. The van der Waals surface area contributed by atoms with E-state index in [-0.39, 0.29) is 11.8 Å². The van der Waals surface area contributed by atoms with Gasteiger partial charge in [0.05, 0.1) is 11.3 Å². The SMILES string of the molecule is CCC(Oc1cccc(Cl)c1)C(=O)Nc1ccccc1C(=O)NCc1ccccc1. The molecule has 0 heterocycles. The molecule has 154 valence electrons. The zero-order chi connectivity index (χ0) is 21.3. The second-order valence-corrected chi connectivity index (χ2v) is 7.11. The Morgan fingerprint density at radius 2 is 1.70 bits per heavy atom. The largest absolute Gasteiger partial charge is 0.481 e. The summed E-state index contributed by atoms with van der Waals surface area (Å²) in [4.78, 5) is 25.5. The van der Waals surface area contributed by atoms with Gasteiger partial charge in [0.15, 0.2) is 6.10 Å². The lowest BCUT2D eigenvalue weighted by atomic mass is 10.1. The maximum absolute atomic E-state index is 12.8. The van der Waals surface area contributed by atoms with Crippen molar-refractivity contribution in [2.75, 3.05) is 5.32 Å². The molecule has 3 aromatic rings. The van der Waals surface area contributed by atoms with Gasteiger partial charge in [-0.05, 0) is 42.3 Å². The van der Waals surface area contributed by atoms with Gasteiger partial charge in [-0.3, -0.25) is 9.59 Å². The number of rotatable bonds is 8. The van der Waals surface area contributed by atoms with E-state index in [1.807, 2.05) is 37.3 Å². The molecule has 0 aliphatic rings. The minimum Gasteiger partial charge on any atom is -0.481 e. The quantitative estimate of drug-likeness (QED) is 0.532. The van der Waals surface area contributed by atoms with Crippen LogP contribution in [0.25, 0.3) is 0 Å². The third kappa shape index (κ3) is 5.84. The number of anilines is 1. The van der Waals surface area contributed by atoms with Crippen LogP contribution in [-0.4, -0.2) is 17.9 Å². The van der Waals surface area contributed by atoms with Crippen molar-refractivity contribution in [3.05, 3.63) is 95.0 Å². The van der Waals surface area contributed by atoms with Gasteiger partial charge in [-0.25, -0.2) is 0 Å². The summed E-state index contributed by atoms with van der Waals surface area (Å²) in [5.74, 6) is -0.0854. The molecule has 0 aromatic heterocycles. The molecule has 2 amide bonds. The molecule has 3 aromatic carbocycles. The van der Waals surface area contributed by atoms with Crippen LogP contribution in [0.3, 0.4) is 0 Å². The van der Waals surface area contributed by atoms with E-state index in [0.717, 1.165) is 5.56 Å². The van der Waals surface area contributed by atoms with Crippen molar-refractivity contribution in [3.63, 3.8) is 0 Å². The summed E-state index contributed by atoms with van der Waals surface area (Å²) < 4.78 is 5.79. The molecule has 0 fully saturated rings. The molecule has 3 rings (SSSR count). The summed E-state index contributed by atoms with van der Waals surface area (Å²) in [5.41, 5.74) is 1.81. The molecule has 0 radical (unpaired) electrons. The molecule has 30 heavy (non-hydrogen) atoms. The lowest BCUT2D eigenvalue weighted by molar-refractivity contribution is -0.122. The first-order valence-corrected chi connectivity index (χ1v) is 10.1. The number of para-hydroxylation sites is 1. The Balaban J connectivity index is 1.68. The number of carbonyl (C=O) groups is 2. The predicted octanol–water partition coefficient (Wildman–Crippen LogP) is 5.07. The second kappa shape index (κ2) is 10.5. The van der Waals surface area contributed by atoms with Crippen LogP contribution < -0.4 is 15.4 Å². The van der Waals surface area contributed by atoms with Gasteiger partial charge in [-0.2, -0.15) is 0 Å². The Morgan fingerprint density at radius 1 is 0.967 bits per heavy atom. The average molecular weight is 423 g/mol. The van der Waals surface area contributed by atoms with Crippen molar-refractivity contribution in [3.8, 4) is 5.75 Å². The lowest BCUT2D eigenvalue weighted by Crippen LogP contribution is -2.33. The summed E-state index contributed by atoms with van der Waals surface area (Å²) in [6, 6.07) is 23.4. The van der Waals surface area contributed by atoms with E-state index in [1.165, 1.54) is 0 Å². The van der Waals surface area contributed by atoms with Crippen LogP contribution >= 0.6 is 11.6 Å². The number of hydrogen-bond donors (Lipinski definition) is 2. The highest BCUT2D eigenvalue weighted by Crippen LogP contribution is 2.21. The van der Waals surface area contributed by atoms with Crippen molar-refractivity contribution < 1.29 is 14.3 Å². The van der Waals surface area contributed by atoms with Crippen LogP contribution in [0.15, 0.2) is 78.9 Å². The monoisotopic (exact) mass is 422 g/mol. The first kappa shape index (κ1) is 21.4. The highest BCUT2D eigenvalue weighted by molar-refractivity contribution is 6.30. The third-order valence-corrected chi connectivity index (χ3v) is 4.70. The summed E-state index contributed by atoms with van der Waals surface area (Å²) in [6.45, 7) is 2.25. The first-order chi connectivity index (χ1) is 14.6. The van der Waals surface area contributed by atoms with Gasteiger partial charge in [-0.15, -0.1) is 0 Å². The molecule has 0 aliphatic heterocycles. The molecule has 1 unspecified atom stereocenters. The topological polar surface area (TPSA) is 67.4 Å². The van der Waals surface area contributed by atoms with E-state index < -0.39 is 6.10 Å². The third-order valence-electron chi connectivity index (χ3n) is 4.46. The molecule has 2 N–H and O–H groups in total. The Labute approximate surface area is 181 Å². The zero-order valence-electron chi connectivity index (χ0n) is 16.6. The van der Waals surface area contributed by atoms with Crippen LogP contribution in [0, 0.1) is 0 Å². The molecule has 0 aliphatic carbocycles. The maximum Gasteiger partial charge on any atom is 0.265 e. The molecule has 0 saturated carbocycles. The fourth-order valence-electron chi connectivity index (χ4n) is 2.90. The van der Waals surface area contributed by atoms with E-state index in [4.69, 9.17) is 16.3 Å². The summed E-state index contributed by atoms with van der Waals surface area (Å²) in [5, 5.41) is 6.23. The van der Waals surface area contributed by atoms with Gasteiger partial charge in [-0.1, -0.05) is 67.1 Å². The Bertz CT molecular complexity index is 1010. The summed E-state index contributed by atoms with van der Waals surface area (Å²) in [7, 11) is 0. The van der Waals surface area contributed by atoms with Gasteiger partial charge in [0.2, 0.25) is 0 Å². The van der Waals surface area contributed by atoms with E-state index in [0.29, 0.717) is 35.0 Å². The lowest BCUT2D eigenvalue weighted by Gasteiger charge is -2.18. The zero-order valence-corrected chi connectivity index (χ0v) is 17.4. The predicted molar refractivity (Wildman–Crippen MR) is 119 cm³/mol. The number of amides is 2. The highest BCUT2D eigenvalue weighted by atomic mass is 35.5. The molecule has 1 atom stereocenters. The van der Waals surface area contributed by atoms with Crippen molar-refractivity contribution in [2.24, 2.45) is 0 Å². The molecule has 0 spiro atoms.